The average Bonchev–Trinajstić information content (AvgIpc) is 2.77. The number of fused-ring (bicyclic) bond motifs is 1. The predicted molar refractivity (Wildman–Crippen MR) is 57.1 cm³/mol. The summed E-state index contributed by atoms with van der Waals surface area (Å²) in [5.74, 6) is 0.300. The summed E-state index contributed by atoms with van der Waals surface area (Å²) >= 11 is 0. The lowest BCUT2D eigenvalue weighted by Crippen LogP contribution is -2.08. The molecule has 0 aromatic carbocycles. The van der Waals surface area contributed by atoms with Crippen molar-refractivity contribution >= 4 is 11.6 Å². The van der Waals surface area contributed by atoms with Gasteiger partial charge >= 0.3 is 5.97 Å². The summed E-state index contributed by atoms with van der Waals surface area (Å²) in [7, 11) is 0. The van der Waals surface area contributed by atoms with Gasteiger partial charge in [0.25, 0.3) is 0 Å². The Morgan fingerprint density at radius 2 is 2.38 bits per heavy atom. The van der Waals surface area contributed by atoms with Gasteiger partial charge in [-0.25, -0.2) is 4.98 Å². The Morgan fingerprint density at radius 3 is 3.06 bits per heavy atom. The molecule has 0 spiro atoms. The molecule has 2 aromatic rings. The van der Waals surface area contributed by atoms with Gasteiger partial charge in [0.2, 0.25) is 0 Å². The fourth-order valence-corrected chi connectivity index (χ4v) is 1.53. The van der Waals surface area contributed by atoms with E-state index in [2.05, 4.69) is 15.2 Å². The molecule has 1 N–H and O–H groups in total. The molecule has 0 radical (unpaired) electrons. The number of hydrogen-bond donors (Lipinski definition) is 1. The lowest BCUT2D eigenvalue weighted by molar-refractivity contribution is -0.142. The Kier molecular flexibility index (Phi) is 2.89. The number of aromatic amines is 1. The molecule has 0 saturated heterocycles. The topological polar surface area (TPSA) is 72.3 Å². The first-order valence-electron chi connectivity index (χ1n) is 5.31. The summed E-state index contributed by atoms with van der Waals surface area (Å²) in [5, 5.41) is 7.04. The molecule has 0 aliphatic heterocycles. The molecule has 2 heterocycles. The van der Waals surface area contributed by atoms with E-state index in [1.807, 2.05) is 6.92 Å². The van der Waals surface area contributed by atoms with Crippen molar-refractivity contribution in [3.63, 3.8) is 0 Å². The normalized spacial score (nSPS) is 10.9. The Bertz CT molecular complexity index is 500. The summed E-state index contributed by atoms with van der Waals surface area (Å²) in [4.78, 5) is 15.6. The number of carbonyl (C=O) groups is 1. The van der Waals surface area contributed by atoms with Gasteiger partial charge in [0.15, 0.2) is 5.65 Å². The minimum atomic E-state index is -0.280. The maximum absolute atomic E-state index is 11.3. The van der Waals surface area contributed by atoms with Gasteiger partial charge in [-0.3, -0.25) is 9.89 Å². The Morgan fingerprint density at radius 1 is 1.56 bits per heavy atom. The number of esters is 1. The summed E-state index contributed by atoms with van der Waals surface area (Å²) in [6.07, 6.45) is 2.79. The third-order valence-corrected chi connectivity index (χ3v) is 2.29. The second kappa shape index (κ2) is 4.34. The third kappa shape index (κ3) is 1.91. The van der Waals surface area contributed by atoms with Gasteiger partial charge < -0.3 is 4.74 Å². The van der Waals surface area contributed by atoms with E-state index in [0.29, 0.717) is 12.4 Å². The minimum absolute atomic E-state index is 0.153. The number of aryl methyl sites for hydroxylation is 1. The van der Waals surface area contributed by atoms with Crippen LogP contribution in [0.2, 0.25) is 0 Å². The highest BCUT2D eigenvalue weighted by Gasteiger charge is 2.11. The van der Waals surface area contributed by atoms with Crippen LogP contribution < -0.4 is 0 Å². The Balaban J connectivity index is 2.19. The van der Waals surface area contributed by atoms with Crippen LogP contribution in [0.25, 0.3) is 5.65 Å². The van der Waals surface area contributed by atoms with Crippen LogP contribution in [0.5, 0.6) is 0 Å². The smallest absolute Gasteiger partial charge is 0.313 e. The first kappa shape index (κ1) is 10.7. The van der Waals surface area contributed by atoms with Crippen molar-refractivity contribution in [1.82, 2.24) is 19.8 Å². The van der Waals surface area contributed by atoms with Gasteiger partial charge in [0.05, 0.1) is 12.8 Å². The quantitative estimate of drug-likeness (QED) is 0.774. The van der Waals surface area contributed by atoms with Gasteiger partial charge in [0, 0.05) is 5.56 Å². The first-order valence-corrected chi connectivity index (χ1v) is 5.31. The number of nitrogens with one attached hydrogen (secondary N) is 1. The number of rotatable bonds is 4. The van der Waals surface area contributed by atoms with Gasteiger partial charge in [0.1, 0.15) is 12.2 Å². The number of H-pyrrole nitrogens is 1. The summed E-state index contributed by atoms with van der Waals surface area (Å²) in [6, 6.07) is 0. The molecule has 0 bridgehead atoms. The van der Waals surface area contributed by atoms with Crippen molar-refractivity contribution in [2.45, 2.75) is 26.7 Å². The molecule has 2 rings (SSSR count). The molecule has 2 aromatic heterocycles. The second-order valence-corrected chi connectivity index (χ2v) is 3.41. The molecule has 0 aliphatic carbocycles. The Hall–Kier alpha value is -1.85. The molecule has 86 valence electrons. The molecule has 0 unspecified atom stereocenters. The van der Waals surface area contributed by atoms with Gasteiger partial charge in [-0.15, -0.1) is 0 Å². The van der Waals surface area contributed by atoms with Crippen LogP contribution in [0.3, 0.4) is 0 Å². The number of aromatic nitrogens is 4. The zero-order valence-corrected chi connectivity index (χ0v) is 9.36. The molecule has 6 nitrogen and oxygen atoms in total. The van der Waals surface area contributed by atoms with Gasteiger partial charge in [-0.05, 0) is 13.3 Å². The van der Waals surface area contributed by atoms with E-state index < -0.39 is 0 Å². The molecule has 0 fully saturated rings. The van der Waals surface area contributed by atoms with E-state index in [0.717, 1.165) is 17.6 Å². The standard InChI is InChI=1S/C10H14N4O2/c1-3-7-6-11-14-10(7)12-8(13-14)5-9(15)16-4-2/h6H,3-5H2,1-2H3,(H,12,13). The van der Waals surface area contributed by atoms with E-state index in [9.17, 15) is 4.79 Å². The molecule has 0 amide bonds. The third-order valence-electron chi connectivity index (χ3n) is 2.29. The van der Waals surface area contributed by atoms with Crippen molar-refractivity contribution < 1.29 is 9.53 Å². The van der Waals surface area contributed by atoms with Crippen LogP contribution in [-0.2, 0) is 22.4 Å². The number of nitrogens with zero attached hydrogens (tertiary/aromatic N) is 3. The maximum Gasteiger partial charge on any atom is 0.313 e. The molecule has 0 atom stereocenters. The zero-order chi connectivity index (χ0) is 11.5. The number of hydrogen-bond acceptors (Lipinski definition) is 4. The average molecular weight is 222 g/mol. The molecule has 6 heteroatoms. The van der Waals surface area contributed by atoms with Crippen LogP contribution in [0, 0.1) is 0 Å². The largest absolute Gasteiger partial charge is 0.466 e. The van der Waals surface area contributed by atoms with Crippen LogP contribution in [0.1, 0.15) is 25.2 Å². The van der Waals surface area contributed by atoms with Gasteiger partial charge in [-0.2, -0.15) is 9.73 Å². The van der Waals surface area contributed by atoms with Crippen LogP contribution in [0.4, 0.5) is 0 Å². The highest BCUT2D eigenvalue weighted by atomic mass is 16.5. The fourth-order valence-electron chi connectivity index (χ4n) is 1.53. The minimum Gasteiger partial charge on any atom is -0.466 e. The van der Waals surface area contributed by atoms with E-state index in [-0.39, 0.29) is 12.4 Å². The maximum atomic E-state index is 11.3. The number of ether oxygens (including phenoxy) is 1. The highest BCUT2D eigenvalue weighted by molar-refractivity contribution is 5.71. The van der Waals surface area contributed by atoms with Crippen molar-refractivity contribution in [2.24, 2.45) is 0 Å². The monoisotopic (exact) mass is 222 g/mol. The van der Waals surface area contributed by atoms with Crippen molar-refractivity contribution in [3.05, 3.63) is 17.6 Å². The summed E-state index contributed by atoms with van der Waals surface area (Å²) < 4.78 is 6.42. The lowest BCUT2D eigenvalue weighted by Gasteiger charge is -1.97. The molecule has 0 aliphatic rings. The lowest BCUT2D eigenvalue weighted by atomic mass is 10.3. The molecule has 16 heavy (non-hydrogen) atoms. The predicted octanol–water partition coefficient (Wildman–Crippen LogP) is 0.725. The molecular formula is C10H14N4O2. The van der Waals surface area contributed by atoms with Crippen LogP contribution in [0.15, 0.2) is 6.20 Å². The van der Waals surface area contributed by atoms with E-state index in [1.54, 1.807) is 17.8 Å². The second-order valence-electron chi connectivity index (χ2n) is 3.41. The fraction of sp³-hybridized carbons (Fsp3) is 0.500. The number of carbonyl (C=O) groups excluding carboxylic acids is 1. The van der Waals surface area contributed by atoms with Crippen molar-refractivity contribution in [3.8, 4) is 0 Å². The molecule has 0 saturated carbocycles. The van der Waals surface area contributed by atoms with Crippen LogP contribution >= 0.6 is 0 Å². The summed E-state index contributed by atoms with van der Waals surface area (Å²) in [5.41, 5.74) is 1.84. The van der Waals surface area contributed by atoms with E-state index in [1.165, 1.54) is 0 Å². The van der Waals surface area contributed by atoms with E-state index >= 15 is 0 Å². The first-order chi connectivity index (χ1) is 7.74. The molecular weight excluding hydrogens is 208 g/mol. The van der Waals surface area contributed by atoms with Crippen molar-refractivity contribution in [1.29, 1.82) is 0 Å². The van der Waals surface area contributed by atoms with E-state index in [4.69, 9.17) is 4.74 Å². The SMILES string of the molecule is CCOC(=O)Cc1nc2c(CC)cnn2[nH]1. The van der Waals surface area contributed by atoms with Crippen LogP contribution in [-0.4, -0.2) is 32.4 Å². The van der Waals surface area contributed by atoms with Gasteiger partial charge in [-0.1, -0.05) is 6.92 Å². The Labute approximate surface area is 92.6 Å². The van der Waals surface area contributed by atoms with Crippen molar-refractivity contribution in [2.75, 3.05) is 6.61 Å². The summed E-state index contributed by atoms with van der Waals surface area (Å²) in [6.45, 7) is 4.20. The zero-order valence-electron chi connectivity index (χ0n) is 9.36. The highest BCUT2D eigenvalue weighted by Crippen LogP contribution is 2.08.